The fourth-order valence-corrected chi connectivity index (χ4v) is 1.92. The van der Waals surface area contributed by atoms with Gasteiger partial charge in [0, 0.05) is 4.48 Å². The number of esters is 2. The lowest BCUT2D eigenvalue weighted by atomic mass is 10.3. The van der Waals surface area contributed by atoms with Gasteiger partial charge < -0.3 is 9.47 Å². The molecule has 12 heavy (non-hydrogen) atoms. The van der Waals surface area contributed by atoms with Crippen molar-refractivity contribution in [2.45, 2.75) is 11.1 Å². The number of carbonyl (C=O) groups is 2. The zero-order valence-corrected chi connectivity index (χ0v) is 8.92. The number of carbonyl (C=O) groups excluding carboxylic acids is 2. The fourth-order valence-electron chi connectivity index (χ4n) is 0.635. The predicted octanol–water partition coefficient (Wildman–Crippen LogP) is 1.08. The van der Waals surface area contributed by atoms with Crippen molar-refractivity contribution in [1.29, 1.82) is 0 Å². The highest BCUT2D eigenvalue weighted by atomic mass is 79.9. The summed E-state index contributed by atoms with van der Waals surface area (Å²) in [7, 11) is 0. The van der Waals surface area contributed by atoms with E-state index in [1.54, 1.807) is 0 Å². The number of halogens is 2. The second-order valence-corrected chi connectivity index (χ2v) is 3.95. The Balaban J connectivity index is 2.74. The van der Waals surface area contributed by atoms with Crippen molar-refractivity contribution in [1.82, 2.24) is 0 Å². The van der Waals surface area contributed by atoms with Crippen LogP contribution in [0, 0.1) is 0 Å². The Kier molecular flexibility index (Phi) is 2.89. The van der Waals surface area contributed by atoms with Crippen molar-refractivity contribution in [3.63, 3.8) is 0 Å². The zero-order chi connectivity index (χ0) is 9.30. The van der Waals surface area contributed by atoms with Gasteiger partial charge in [-0.2, -0.15) is 0 Å². The topological polar surface area (TPSA) is 52.6 Å². The Morgan fingerprint density at radius 3 is 2.33 bits per heavy atom. The third kappa shape index (κ3) is 1.87. The summed E-state index contributed by atoms with van der Waals surface area (Å²) in [5.74, 6) is -2.00. The van der Waals surface area contributed by atoms with Gasteiger partial charge in [-0.1, -0.05) is 22.5 Å². The molecule has 0 aromatic carbocycles. The van der Waals surface area contributed by atoms with E-state index in [1.807, 2.05) is 0 Å². The van der Waals surface area contributed by atoms with Crippen LogP contribution < -0.4 is 0 Å². The van der Waals surface area contributed by atoms with Gasteiger partial charge in [0.1, 0.15) is 0 Å². The van der Waals surface area contributed by atoms with E-state index in [0.29, 0.717) is 4.48 Å². The van der Waals surface area contributed by atoms with Crippen LogP contribution in [-0.2, 0) is 19.1 Å². The van der Waals surface area contributed by atoms with Crippen LogP contribution in [-0.4, -0.2) is 23.1 Å². The Morgan fingerprint density at radius 1 is 1.33 bits per heavy atom. The van der Waals surface area contributed by atoms with Crippen molar-refractivity contribution >= 4 is 43.8 Å². The highest BCUT2D eigenvalue weighted by Crippen LogP contribution is 2.25. The monoisotopic (exact) mass is 298 g/mol. The summed E-state index contributed by atoms with van der Waals surface area (Å²) in [6, 6.07) is 0. The third-order valence-electron chi connectivity index (χ3n) is 1.17. The molecular formula is C6H4Br2O4. The molecule has 0 aromatic rings. The normalized spacial score (nSPS) is 29.2. The molecular weight excluding hydrogens is 296 g/mol. The molecule has 1 aliphatic rings. The summed E-state index contributed by atoms with van der Waals surface area (Å²) < 4.78 is 9.69. The molecule has 0 aliphatic carbocycles. The molecule has 0 aromatic heterocycles. The second-order valence-electron chi connectivity index (χ2n) is 2.03. The molecule has 2 atom stereocenters. The van der Waals surface area contributed by atoms with Crippen molar-refractivity contribution < 1.29 is 19.1 Å². The average Bonchev–Trinajstić information content (AvgIpc) is 1.96. The summed E-state index contributed by atoms with van der Waals surface area (Å²) in [4.78, 5) is 21.3. The quantitative estimate of drug-likeness (QED) is 0.413. The van der Waals surface area contributed by atoms with Gasteiger partial charge in [-0.15, -0.1) is 0 Å². The molecule has 1 heterocycles. The molecule has 0 saturated carbocycles. The Hall–Kier alpha value is -0.360. The molecule has 0 unspecified atom stereocenters. The van der Waals surface area contributed by atoms with Crippen LogP contribution in [0.4, 0.5) is 0 Å². The van der Waals surface area contributed by atoms with Gasteiger partial charge in [-0.3, -0.25) is 0 Å². The number of hydrogen-bond acceptors (Lipinski definition) is 4. The molecule has 0 bridgehead atoms. The van der Waals surface area contributed by atoms with Gasteiger partial charge in [0.2, 0.25) is 0 Å². The molecule has 0 radical (unpaired) electrons. The average molecular weight is 300 g/mol. The van der Waals surface area contributed by atoms with E-state index in [4.69, 9.17) is 0 Å². The Morgan fingerprint density at radius 2 is 1.83 bits per heavy atom. The van der Waals surface area contributed by atoms with Crippen molar-refractivity contribution in [3.8, 4) is 0 Å². The molecule has 6 heteroatoms. The van der Waals surface area contributed by atoms with E-state index in [1.165, 1.54) is 0 Å². The van der Waals surface area contributed by atoms with E-state index in [2.05, 4.69) is 47.9 Å². The number of ether oxygens (including phenoxy) is 2. The van der Waals surface area contributed by atoms with Gasteiger partial charge in [0.25, 0.3) is 0 Å². The first-order valence-electron chi connectivity index (χ1n) is 2.92. The Labute approximate surface area is 85.2 Å². The highest BCUT2D eigenvalue weighted by Gasteiger charge is 2.37. The van der Waals surface area contributed by atoms with Crippen LogP contribution in [0.5, 0.6) is 0 Å². The van der Waals surface area contributed by atoms with Crippen LogP contribution in [0.2, 0.25) is 0 Å². The summed E-state index contributed by atoms with van der Waals surface area (Å²) in [6.07, 6.45) is -0.671. The molecule has 0 spiro atoms. The van der Waals surface area contributed by atoms with Crippen LogP contribution in [0.15, 0.2) is 11.1 Å². The van der Waals surface area contributed by atoms with E-state index in [-0.39, 0.29) is 0 Å². The van der Waals surface area contributed by atoms with Crippen LogP contribution in [0.25, 0.3) is 0 Å². The van der Waals surface area contributed by atoms with Crippen LogP contribution >= 0.6 is 31.9 Å². The van der Waals surface area contributed by atoms with Crippen molar-refractivity contribution in [2.24, 2.45) is 0 Å². The predicted molar refractivity (Wildman–Crippen MR) is 46.8 cm³/mol. The largest absolute Gasteiger partial charge is 0.444 e. The van der Waals surface area contributed by atoms with Gasteiger partial charge in [-0.05, 0) is 15.9 Å². The smallest absolute Gasteiger partial charge is 0.418 e. The van der Waals surface area contributed by atoms with Crippen LogP contribution in [0.3, 0.4) is 0 Å². The molecule has 0 amide bonds. The standard InChI is InChI=1S/C6H4Br2O4/c1-2(7)3-4(8)12-6(10)5(9)11-3/h3-4H,1H2/t3-,4-/m0/s1. The summed E-state index contributed by atoms with van der Waals surface area (Å²) >= 11 is 6.04. The minimum atomic E-state index is -1.00. The zero-order valence-electron chi connectivity index (χ0n) is 5.75. The van der Waals surface area contributed by atoms with Gasteiger partial charge in [0.05, 0.1) is 0 Å². The van der Waals surface area contributed by atoms with E-state index >= 15 is 0 Å². The van der Waals surface area contributed by atoms with E-state index in [0.717, 1.165) is 0 Å². The third-order valence-corrected chi connectivity index (χ3v) is 2.29. The Bertz CT molecular complexity index is 250. The van der Waals surface area contributed by atoms with E-state index < -0.39 is 23.1 Å². The maximum Gasteiger partial charge on any atom is 0.418 e. The lowest BCUT2D eigenvalue weighted by Gasteiger charge is -2.25. The fraction of sp³-hybridized carbons (Fsp3) is 0.333. The van der Waals surface area contributed by atoms with Gasteiger partial charge in [0.15, 0.2) is 11.1 Å². The van der Waals surface area contributed by atoms with E-state index in [9.17, 15) is 9.59 Å². The number of rotatable bonds is 1. The summed E-state index contributed by atoms with van der Waals surface area (Å²) in [5, 5.41) is -0.672. The first-order valence-corrected chi connectivity index (χ1v) is 4.63. The van der Waals surface area contributed by atoms with Gasteiger partial charge in [-0.25, -0.2) is 9.59 Å². The van der Waals surface area contributed by atoms with Gasteiger partial charge >= 0.3 is 11.9 Å². The molecule has 1 rings (SSSR count). The molecule has 1 aliphatic heterocycles. The highest BCUT2D eigenvalue weighted by molar-refractivity contribution is 9.12. The lowest BCUT2D eigenvalue weighted by Crippen LogP contribution is -2.41. The molecule has 4 nitrogen and oxygen atoms in total. The first-order chi connectivity index (χ1) is 5.52. The molecule has 0 N–H and O–H groups in total. The minimum absolute atomic E-state index is 0.435. The summed E-state index contributed by atoms with van der Waals surface area (Å²) in [5.41, 5.74) is 0. The number of hydrogen-bond donors (Lipinski definition) is 0. The summed E-state index contributed by atoms with van der Waals surface area (Å²) in [6.45, 7) is 3.51. The maximum absolute atomic E-state index is 10.7. The SMILES string of the molecule is C=C(Br)[C@@H]1OC(=O)C(=O)O[C@@H]1Br. The minimum Gasteiger partial charge on any atom is -0.444 e. The number of cyclic esters (lactones) is 2. The maximum atomic E-state index is 10.7. The number of alkyl halides is 1. The molecule has 66 valence electrons. The second kappa shape index (κ2) is 3.57. The first kappa shape index (κ1) is 9.73. The molecule has 1 fully saturated rings. The van der Waals surface area contributed by atoms with Crippen molar-refractivity contribution in [3.05, 3.63) is 11.1 Å². The van der Waals surface area contributed by atoms with Crippen LogP contribution in [0.1, 0.15) is 0 Å². The van der Waals surface area contributed by atoms with Crippen molar-refractivity contribution in [2.75, 3.05) is 0 Å². The lowest BCUT2D eigenvalue weighted by molar-refractivity contribution is -0.183. The molecule has 1 saturated heterocycles.